The summed E-state index contributed by atoms with van der Waals surface area (Å²) in [5.74, 6) is -0.214. The number of ether oxygens (including phenoxy) is 1. The molecule has 31 heavy (non-hydrogen) atoms. The van der Waals surface area contributed by atoms with Crippen LogP contribution in [0.2, 0.25) is 10.0 Å². The Labute approximate surface area is 188 Å². The maximum atomic E-state index is 13.1. The first-order valence-electron chi connectivity index (χ1n) is 9.21. The maximum absolute atomic E-state index is 13.1. The van der Waals surface area contributed by atoms with Crippen LogP contribution in [-0.4, -0.2) is 59.7 Å². The van der Waals surface area contributed by atoms with E-state index in [-0.39, 0.29) is 46.8 Å². The highest BCUT2D eigenvalue weighted by molar-refractivity contribution is 7.89. The van der Waals surface area contributed by atoms with E-state index in [0.717, 1.165) is 0 Å². The molecule has 1 N–H and O–H groups in total. The second kappa shape index (κ2) is 8.93. The second-order valence-corrected chi connectivity index (χ2v) is 9.28. The lowest BCUT2D eigenvalue weighted by atomic mass is 10.2. The van der Waals surface area contributed by atoms with Crippen molar-refractivity contribution in [3.8, 4) is 5.82 Å². The molecule has 0 saturated carbocycles. The first-order chi connectivity index (χ1) is 14.9. The number of nitrogens with zero attached hydrogens (tertiary/aromatic N) is 4. The van der Waals surface area contributed by atoms with Crippen LogP contribution >= 0.6 is 23.2 Å². The van der Waals surface area contributed by atoms with Gasteiger partial charge in [-0.2, -0.15) is 9.40 Å². The molecule has 1 saturated heterocycles. The third kappa shape index (κ3) is 4.43. The molecule has 162 valence electrons. The molecule has 1 fully saturated rings. The highest BCUT2D eigenvalue weighted by atomic mass is 35.5. The zero-order chi connectivity index (χ0) is 22.0. The van der Waals surface area contributed by atoms with Gasteiger partial charge in [-0.15, -0.1) is 0 Å². The summed E-state index contributed by atoms with van der Waals surface area (Å²) < 4.78 is 34.1. The number of carbonyl (C=O) groups excluding carboxylic acids is 1. The molecule has 1 aliphatic heterocycles. The number of aromatic nitrogens is 3. The predicted molar refractivity (Wildman–Crippen MR) is 115 cm³/mol. The van der Waals surface area contributed by atoms with Crippen molar-refractivity contribution in [2.45, 2.75) is 4.90 Å². The van der Waals surface area contributed by atoms with E-state index in [0.29, 0.717) is 11.5 Å². The summed E-state index contributed by atoms with van der Waals surface area (Å²) in [6.45, 7) is 0.974. The van der Waals surface area contributed by atoms with Crippen molar-refractivity contribution < 1.29 is 17.9 Å². The van der Waals surface area contributed by atoms with Gasteiger partial charge < -0.3 is 10.1 Å². The first kappa shape index (κ1) is 21.7. The van der Waals surface area contributed by atoms with Crippen LogP contribution in [0.5, 0.6) is 0 Å². The number of hydrogen-bond donors (Lipinski definition) is 1. The number of pyridine rings is 1. The molecule has 0 bridgehead atoms. The van der Waals surface area contributed by atoms with Crippen molar-refractivity contribution in [3.05, 3.63) is 64.5 Å². The number of sulfonamides is 1. The van der Waals surface area contributed by atoms with Gasteiger partial charge in [-0.25, -0.2) is 18.1 Å². The van der Waals surface area contributed by atoms with Crippen LogP contribution in [-0.2, 0) is 14.8 Å². The molecule has 1 aromatic carbocycles. The van der Waals surface area contributed by atoms with Gasteiger partial charge in [0.1, 0.15) is 4.90 Å². The number of rotatable bonds is 5. The van der Waals surface area contributed by atoms with Crippen LogP contribution in [0.4, 0.5) is 5.69 Å². The summed E-state index contributed by atoms with van der Waals surface area (Å²) in [7, 11) is -3.93. The van der Waals surface area contributed by atoms with Gasteiger partial charge in [-0.3, -0.25) is 4.79 Å². The van der Waals surface area contributed by atoms with E-state index in [4.69, 9.17) is 27.9 Å². The van der Waals surface area contributed by atoms with Crippen LogP contribution in [0, 0.1) is 0 Å². The summed E-state index contributed by atoms with van der Waals surface area (Å²) >= 11 is 12.4. The molecule has 1 amide bonds. The van der Waals surface area contributed by atoms with Gasteiger partial charge in [-0.05, 0) is 30.3 Å². The third-order valence-corrected chi connectivity index (χ3v) is 7.29. The van der Waals surface area contributed by atoms with Crippen LogP contribution in [0.15, 0.2) is 53.8 Å². The zero-order valence-electron chi connectivity index (χ0n) is 16.0. The van der Waals surface area contributed by atoms with Gasteiger partial charge in [0.25, 0.3) is 5.91 Å². The lowest BCUT2D eigenvalue weighted by Gasteiger charge is -2.26. The molecule has 0 radical (unpaired) electrons. The molecule has 0 atom stereocenters. The Morgan fingerprint density at radius 2 is 1.87 bits per heavy atom. The van der Waals surface area contributed by atoms with Gasteiger partial charge in [0.2, 0.25) is 10.0 Å². The number of morpholine rings is 1. The van der Waals surface area contributed by atoms with Crippen molar-refractivity contribution >= 4 is 44.8 Å². The summed E-state index contributed by atoms with van der Waals surface area (Å²) in [6, 6.07) is 7.47. The average molecular weight is 482 g/mol. The Kier molecular flexibility index (Phi) is 6.26. The number of carbonyl (C=O) groups is 1. The number of amides is 1. The second-order valence-electron chi connectivity index (χ2n) is 6.56. The number of nitrogens with one attached hydrogen (secondary N) is 1. The zero-order valence-corrected chi connectivity index (χ0v) is 18.4. The van der Waals surface area contributed by atoms with E-state index in [9.17, 15) is 13.2 Å². The minimum Gasteiger partial charge on any atom is -0.379 e. The summed E-state index contributed by atoms with van der Waals surface area (Å²) in [4.78, 5) is 17.0. The largest absolute Gasteiger partial charge is 0.379 e. The molecule has 12 heteroatoms. The fourth-order valence-corrected chi connectivity index (χ4v) is 5.33. The monoisotopic (exact) mass is 481 g/mol. The quantitative estimate of drug-likeness (QED) is 0.600. The fourth-order valence-electron chi connectivity index (χ4n) is 3.09. The number of hydrogen-bond acceptors (Lipinski definition) is 6. The number of halogens is 2. The number of anilines is 1. The lowest BCUT2D eigenvalue weighted by Crippen LogP contribution is -2.40. The van der Waals surface area contributed by atoms with Gasteiger partial charge in [0.05, 0.1) is 34.5 Å². The Morgan fingerprint density at radius 3 is 2.58 bits per heavy atom. The molecule has 3 aromatic rings. The summed E-state index contributed by atoms with van der Waals surface area (Å²) in [6.07, 6.45) is 4.83. The molecule has 9 nitrogen and oxygen atoms in total. The van der Waals surface area contributed by atoms with E-state index < -0.39 is 15.9 Å². The van der Waals surface area contributed by atoms with Crippen molar-refractivity contribution in [2.75, 3.05) is 31.6 Å². The van der Waals surface area contributed by atoms with Gasteiger partial charge in [0.15, 0.2) is 5.82 Å². The molecular weight excluding hydrogens is 465 g/mol. The molecular formula is C19H17Cl2N5O4S. The minimum atomic E-state index is -3.93. The fraction of sp³-hybridized carbons (Fsp3) is 0.211. The highest BCUT2D eigenvalue weighted by Gasteiger charge is 2.30. The number of benzene rings is 1. The smallest absolute Gasteiger partial charge is 0.257 e. The van der Waals surface area contributed by atoms with Crippen molar-refractivity contribution in [1.82, 2.24) is 19.1 Å². The molecule has 2 aromatic heterocycles. The minimum absolute atomic E-state index is 0.0213. The molecule has 0 spiro atoms. The van der Waals surface area contributed by atoms with E-state index >= 15 is 0 Å². The van der Waals surface area contributed by atoms with E-state index in [1.165, 1.54) is 21.1 Å². The SMILES string of the molecule is O=C(Nc1cccnc1-n1cccn1)c1cc(S(=O)(=O)N2CCOCC2)c(Cl)cc1Cl. The predicted octanol–water partition coefficient (Wildman–Crippen LogP) is 2.85. The highest BCUT2D eigenvalue weighted by Crippen LogP contribution is 2.31. The average Bonchev–Trinajstić information content (AvgIpc) is 3.29. The first-order valence-corrected chi connectivity index (χ1v) is 11.4. The van der Waals surface area contributed by atoms with Crippen molar-refractivity contribution in [1.29, 1.82) is 0 Å². The molecule has 0 unspecified atom stereocenters. The van der Waals surface area contributed by atoms with E-state index in [1.54, 1.807) is 36.8 Å². The lowest BCUT2D eigenvalue weighted by molar-refractivity contribution is 0.0730. The van der Waals surface area contributed by atoms with Gasteiger partial charge in [0, 0.05) is 31.7 Å². The topological polar surface area (TPSA) is 106 Å². The van der Waals surface area contributed by atoms with Crippen LogP contribution < -0.4 is 5.32 Å². The molecule has 1 aliphatic rings. The van der Waals surface area contributed by atoms with Gasteiger partial charge in [-0.1, -0.05) is 23.2 Å². The Balaban J connectivity index is 1.68. The van der Waals surface area contributed by atoms with Gasteiger partial charge >= 0.3 is 0 Å². The van der Waals surface area contributed by atoms with Crippen LogP contribution in [0.1, 0.15) is 10.4 Å². The van der Waals surface area contributed by atoms with Crippen LogP contribution in [0.25, 0.3) is 5.82 Å². The summed E-state index contributed by atoms with van der Waals surface area (Å²) in [5.41, 5.74) is 0.341. The Morgan fingerprint density at radius 1 is 1.10 bits per heavy atom. The standard InChI is InChI=1S/C19H17Cl2N5O4S/c20-14-12-15(21)17(31(28,29)25-7-9-30-10-8-25)11-13(14)19(27)24-16-3-1-4-22-18(16)26-6-2-5-23-26/h1-6,11-12H,7-10H2,(H,24,27). The van der Waals surface area contributed by atoms with Crippen molar-refractivity contribution in [2.24, 2.45) is 0 Å². The normalized spacial score (nSPS) is 15.0. The van der Waals surface area contributed by atoms with Crippen LogP contribution in [0.3, 0.4) is 0 Å². The molecule has 3 heterocycles. The molecule has 0 aliphatic carbocycles. The van der Waals surface area contributed by atoms with Crippen molar-refractivity contribution in [3.63, 3.8) is 0 Å². The Hall–Kier alpha value is -2.50. The maximum Gasteiger partial charge on any atom is 0.257 e. The molecule has 4 rings (SSSR count). The van der Waals surface area contributed by atoms with E-state index in [2.05, 4.69) is 15.4 Å². The summed E-state index contributed by atoms with van der Waals surface area (Å²) in [5, 5.41) is 6.79. The van der Waals surface area contributed by atoms with E-state index in [1.807, 2.05) is 0 Å². The third-order valence-electron chi connectivity index (χ3n) is 4.61. The Bertz CT molecular complexity index is 1210.